The monoisotopic (exact) mass is 323 g/mol. The van der Waals surface area contributed by atoms with Gasteiger partial charge in [0.1, 0.15) is 6.61 Å². The molecule has 4 heteroatoms. The maximum absolute atomic E-state index is 12.4. The number of carbonyl (C=O) groups is 2. The van der Waals surface area contributed by atoms with Gasteiger partial charge in [-0.15, -0.1) is 0 Å². The van der Waals surface area contributed by atoms with Crippen molar-refractivity contribution in [2.24, 2.45) is 5.92 Å². The van der Waals surface area contributed by atoms with Crippen LogP contribution >= 0.6 is 0 Å². The molecule has 0 radical (unpaired) electrons. The van der Waals surface area contributed by atoms with Crippen LogP contribution in [0.5, 0.6) is 0 Å². The number of anilines is 1. The Morgan fingerprint density at radius 2 is 1.92 bits per heavy atom. The normalized spacial score (nSPS) is 15.3. The first-order valence-corrected chi connectivity index (χ1v) is 8.20. The topological polar surface area (TPSA) is 55.4 Å². The van der Waals surface area contributed by atoms with Gasteiger partial charge in [0.05, 0.1) is 5.56 Å². The average Bonchev–Trinajstić information content (AvgIpc) is 2.96. The minimum Gasteiger partial charge on any atom is -0.457 e. The molecule has 2 atom stereocenters. The van der Waals surface area contributed by atoms with E-state index in [0.717, 1.165) is 12.0 Å². The number of hydrogen-bond acceptors (Lipinski definition) is 3. The van der Waals surface area contributed by atoms with Gasteiger partial charge in [-0.1, -0.05) is 44.2 Å². The number of cyclic esters (lactones) is 1. The molecule has 1 aliphatic heterocycles. The molecule has 3 rings (SSSR count). The zero-order valence-electron chi connectivity index (χ0n) is 13.9. The number of hydrogen-bond donors (Lipinski definition) is 1. The lowest BCUT2D eigenvalue weighted by molar-refractivity contribution is -0.119. The summed E-state index contributed by atoms with van der Waals surface area (Å²) in [5.41, 5.74) is 3.35. The third-order valence-electron chi connectivity index (χ3n) is 4.47. The van der Waals surface area contributed by atoms with E-state index in [0.29, 0.717) is 17.2 Å². The number of rotatable bonds is 5. The number of carbonyl (C=O) groups excluding carboxylic acids is 2. The van der Waals surface area contributed by atoms with Gasteiger partial charge in [-0.3, -0.25) is 4.79 Å². The molecule has 2 aromatic rings. The summed E-state index contributed by atoms with van der Waals surface area (Å²) in [6.45, 7) is 4.35. The Kier molecular flexibility index (Phi) is 4.65. The van der Waals surface area contributed by atoms with Crippen molar-refractivity contribution in [1.29, 1.82) is 0 Å². The second kappa shape index (κ2) is 6.87. The maximum atomic E-state index is 12.4. The molecule has 2 unspecified atom stereocenters. The Labute approximate surface area is 141 Å². The van der Waals surface area contributed by atoms with Crippen molar-refractivity contribution >= 4 is 17.6 Å². The van der Waals surface area contributed by atoms with Crippen LogP contribution in [0.2, 0.25) is 0 Å². The second-order valence-electron chi connectivity index (χ2n) is 6.39. The van der Waals surface area contributed by atoms with Gasteiger partial charge >= 0.3 is 5.97 Å². The lowest BCUT2D eigenvalue weighted by Crippen LogP contribution is -2.22. The van der Waals surface area contributed by atoms with E-state index in [2.05, 4.69) is 24.4 Å². The molecule has 1 N–H and O–H groups in total. The van der Waals surface area contributed by atoms with E-state index in [9.17, 15) is 9.59 Å². The summed E-state index contributed by atoms with van der Waals surface area (Å²) in [7, 11) is 0. The molecule has 0 aromatic heterocycles. The van der Waals surface area contributed by atoms with Gasteiger partial charge in [0, 0.05) is 17.2 Å². The van der Waals surface area contributed by atoms with Gasteiger partial charge in [0.2, 0.25) is 5.91 Å². The van der Waals surface area contributed by atoms with Crippen LogP contribution in [0.15, 0.2) is 48.5 Å². The minimum absolute atomic E-state index is 0.0111. The largest absolute Gasteiger partial charge is 0.457 e. The van der Waals surface area contributed by atoms with Crippen molar-refractivity contribution in [3.8, 4) is 0 Å². The summed E-state index contributed by atoms with van der Waals surface area (Å²) in [5, 5.41) is 2.94. The molecule has 124 valence electrons. The van der Waals surface area contributed by atoms with Crippen LogP contribution in [-0.4, -0.2) is 11.9 Å². The first-order valence-electron chi connectivity index (χ1n) is 8.20. The molecule has 0 fully saturated rings. The molecule has 0 saturated heterocycles. The fraction of sp³-hybridized carbons (Fsp3) is 0.300. The standard InChI is InChI=1S/C20H21NO3/c1-13(15-6-4-3-5-7-15)10-14(2)19(22)21-17-8-9-18-16(11-17)12-24-20(18)23/h3-9,11,13-14H,10,12H2,1-2H3,(H,21,22). The van der Waals surface area contributed by atoms with Gasteiger partial charge in [0.15, 0.2) is 0 Å². The minimum atomic E-state index is -0.298. The smallest absolute Gasteiger partial charge is 0.338 e. The van der Waals surface area contributed by atoms with Crippen molar-refractivity contribution < 1.29 is 14.3 Å². The molecule has 1 amide bonds. The lowest BCUT2D eigenvalue weighted by Gasteiger charge is -2.17. The molecular formula is C20H21NO3. The highest BCUT2D eigenvalue weighted by atomic mass is 16.5. The van der Waals surface area contributed by atoms with E-state index in [1.165, 1.54) is 5.56 Å². The summed E-state index contributed by atoms with van der Waals surface area (Å²) >= 11 is 0. The SMILES string of the molecule is CC(CC(C)c1ccccc1)C(=O)Nc1ccc2c(c1)COC2=O. The van der Waals surface area contributed by atoms with E-state index >= 15 is 0 Å². The first-order chi connectivity index (χ1) is 11.5. The summed E-state index contributed by atoms with van der Waals surface area (Å²) in [6.07, 6.45) is 0.780. The van der Waals surface area contributed by atoms with Crippen molar-refractivity contribution in [2.45, 2.75) is 32.8 Å². The summed E-state index contributed by atoms with van der Waals surface area (Å²) < 4.78 is 4.98. The molecule has 1 aliphatic rings. The van der Waals surface area contributed by atoms with Crippen LogP contribution in [0.25, 0.3) is 0 Å². The zero-order valence-corrected chi connectivity index (χ0v) is 13.9. The highest BCUT2D eigenvalue weighted by Gasteiger charge is 2.22. The van der Waals surface area contributed by atoms with Gasteiger partial charge in [0.25, 0.3) is 0 Å². The number of esters is 1. The van der Waals surface area contributed by atoms with Crippen LogP contribution in [0.3, 0.4) is 0 Å². The van der Waals surface area contributed by atoms with Crippen LogP contribution in [0, 0.1) is 5.92 Å². The summed E-state index contributed by atoms with van der Waals surface area (Å²) in [5.74, 6) is -0.0970. The molecule has 24 heavy (non-hydrogen) atoms. The second-order valence-corrected chi connectivity index (χ2v) is 6.39. The molecular weight excluding hydrogens is 302 g/mol. The van der Waals surface area contributed by atoms with E-state index in [1.807, 2.05) is 31.2 Å². The average molecular weight is 323 g/mol. The highest BCUT2D eigenvalue weighted by molar-refractivity contribution is 5.96. The van der Waals surface area contributed by atoms with E-state index in [1.54, 1.807) is 12.1 Å². The lowest BCUT2D eigenvalue weighted by atomic mass is 9.90. The molecule has 4 nitrogen and oxygen atoms in total. The van der Waals surface area contributed by atoms with Crippen molar-refractivity contribution in [3.05, 3.63) is 65.2 Å². The molecule has 2 aromatic carbocycles. The fourth-order valence-electron chi connectivity index (χ4n) is 3.03. The Morgan fingerprint density at radius 1 is 1.17 bits per heavy atom. The number of fused-ring (bicyclic) bond motifs is 1. The Morgan fingerprint density at radius 3 is 2.67 bits per heavy atom. The van der Waals surface area contributed by atoms with E-state index < -0.39 is 0 Å². The number of amides is 1. The Balaban J connectivity index is 1.61. The quantitative estimate of drug-likeness (QED) is 0.842. The fourth-order valence-corrected chi connectivity index (χ4v) is 3.03. The number of ether oxygens (including phenoxy) is 1. The van der Waals surface area contributed by atoms with Crippen LogP contribution < -0.4 is 5.32 Å². The third-order valence-corrected chi connectivity index (χ3v) is 4.47. The van der Waals surface area contributed by atoms with Gasteiger partial charge in [-0.25, -0.2) is 4.79 Å². The number of nitrogens with one attached hydrogen (secondary N) is 1. The molecule has 1 heterocycles. The van der Waals surface area contributed by atoms with Gasteiger partial charge in [-0.05, 0) is 36.1 Å². The summed E-state index contributed by atoms with van der Waals surface area (Å²) in [6, 6.07) is 15.5. The van der Waals surface area contributed by atoms with Crippen LogP contribution in [0.1, 0.15) is 47.7 Å². The molecule has 0 bridgehead atoms. The summed E-state index contributed by atoms with van der Waals surface area (Å²) in [4.78, 5) is 23.9. The third kappa shape index (κ3) is 3.48. The highest BCUT2D eigenvalue weighted by Crippen LogP contribution is 2.26. The van der Waals surface area contributed by atoms with E-state index in [-0.39, 0.29) is 24.4 Å². The zero-order chi connectivity index (χ0) is 17.1. The first kappa shape index (κ1) is 16.2. The maximum Gasteiger partial charge on any atom is 0.338 e. The predicted molar refractivity (Wildman–Crippen MR) is 92.8 cm³/mol. The number of benzene rings is 2. The molecule has 0 saturated carbocycles. The van der Waals surface area contributed by atoms with E-state index in [4.69, 9.17) is 4.74 Å². The van der Waals surface area contributed by atoms with Crippen LogP contribution in [-0.2, 0) is 16.1 Å². The molecule has 0 spiro atoms. The van der Waals surface area contributed by atoms with Gasteiger partial charge < -0.3 is 10.1 Å². The van der Waals surface area contributed by atoms with Crippen molar-refractivity contribution in [1.82, 2.24) is 0 Å². The predicted octanol–water partition coefficient (Wildman–Crippen LogP) is 4.13. The van der Waals surface area contributed by atoms with Gasteiger partial charge in [-0.2, -0.15) is 0 Å². The van der Waals surface area contributed by atoms with Crippen molar-refractivity contribution in [2.75, 3.05) is 5.32 Å². The Bertz CT molecular complexity index is 755. The van der Waals surface area contributed by atoms with Crippen molar-refractivity contribution in [3.63, 3.8) is 0 Å². The van der Waals surface area contributed by atoms with Crippen LogP contribution in [0.4, 0.5) is 5.69 Å². The molecule has 0 aliphatic carbocycles. The Hall–Kier alpha value is -2.62.